The SMILES string of the molecule is CN(Cc1nnc2ccccn12)C(=O)c1cccc2c1CCOC2. The van der Waals surface area contributed by atoms with E-state index in [0.29, 0.717) is 19.8 Å². The minimum absolute atomic E-state index is 0.00133. The molecule has 0 fully saturated rings. The molecule has 1 aromatic carbocycles. The average molecular weight is 322 g/mol. The van der Waals surface area contributed by atoms with Crippen LogP contribution in [-0.4, -0.2) is 39.1 Å². The van der Waals surface area contributed by atoms with Crippen molar-refractivity contribution in [1.82, 2.24) is 19.5 Å². The van der Waals surface area contributed by atoms with E-state index in [1.165, 1.54) is 0 Å². The second kappa shape index (κ2) is 6.05. The van der Waals surface area contributed by atoms with E-state index in [1.807, 2.05) is 47.0 Å². The number of hydrogen-bond acceptors (Lipinski definition) is 4. The van der Waals surface area contributed by atoms with Gasteiger partial charge in [0.05, 0.1) is 19.8 Å². The van der Waals surface area contributed by atoms with Gasteiger partial charge in [0.25, 0.3) is 5.91 Å². The van der Waals surface area contributed by atoms with Gasteiger partial charge in [-0.05, 0) is 35.7 Å². The number of nitrogens with zero attached hydrogens (tertiary/aromatic N) is 4. The maximum Gasteiger partial charge on any atom is 0.254 e. The van der Waals surface area contributed by atoms with Crippen LogP contribution in [0.2, 0.25) is 0 Å². The predicted octanol–water partition coefficient (Wildman–Crippen LogP) is 2.07. The summed E-state index contributed by atoms with van der Waals surface area (Å²) in [5.41, 5.74) is 3.75. The third kappa shape index (κ3) is 2.55. The maximum absolute atomic E-state index is 12.9. The fourth-order valence-corrected chi connectivity index (χ4v) is 3.11. The molecule has 3 aromatic rings. The summed E-state index contributed by atoms with van der Waals surface area (Å²) in [5.74, 6) is 0.746. The molecule has 0 aliphatic carbocycles. The highest BCUT2D eigenvalue weighted by atomic mass is 16.5. The van der Waals surface area contributed by atoms with Crippen molar-refractivity contribution < 1.29 is 9.53 Å². The van der Waals surface area contributed by atoms with Crippen molar-refractivity contribution in [2.75, 3.05) is 13.7 Å². The van der Waals surface area contributed by atoms with Crippen molar-refractivity contribution in [3.63, 3.8) is 0 Å². The zero-order chi connectivity index (χ0) is 16.5. The van der Waals surface area contributed by atoms with Crippen LogP contribution in [-0.2, 0) is 24.3 Å². The van der Waals surface area contributed by atoms with Gasteiger partial charge in [0.15, 0.2) is 11.5 Å². The molecule has 0 spiro atoms. The van der Waals surface area contributed by atoms with Gasteiger partial charge in [-0.2, -0.15) is 0 Å². The van der Waals surface area contributed by atoms with Gasteiger partial charge in [-0.3, -0.25) is 9.20 Å². The van der Waals surface area contributed by atoms with Gasteiger partial charge in [0, 0.05) is 18.8 Å². The first-order chi connectivity index (χ1) is 11.7. The summed E-state index contributed by atoms with van der Waals surface area (Å²) in [6, 6.07) is 11.6. The van der Waals surface area contributed by atoms with Crippen molar-refractivity contribution in [1.29, 1.82) is 0 Å². The highest BCUT2D eigenvalue weighted by molar-refractivity contribution is 5.95. The average Bonchev–Trinajstić information content (AvgIpc) is 3.03. The van der Waals surface area contributed by atoms with E-state index in [2.05, 4.69) is 10.2 Å². The standard InChI is InChI=1S/C18H18N4O2/c1-21(11-17-20-19-16-7-2-3-9-22(16)17)18(23)15-6-4-5-13-12-24-10-8-14(13)15/h2-7,9H,8,10-12H2,1H3. The van der Waals surface area contributed by atoms with Crippen molar-refractivity contribution >= 4 is 11.6 Å². The summed E-state index contributed by atoms with van der Waals surface area (Å²) in [6.45, 7) is 1.65. The third-order valence-corrected chi connectivity index (χ3v) is 4.37. The lowest BCUT2D eigenvalue weighted by molar-refractivity contribution is 0.0773. The lowest BCUT2D eigenvalue weighted by Gasteiger charge is -2.22. The normalized spacial score (nSPS) is 13.7. The number of aromatic nitrogens is 3. The summed E-state index contributed by atoms with van der Waals surface area (Å²) < 4.78 is 7.38. The predicted molar refractivity (Wildman–Crippen MR) is 88.6 cm³/mol. The molecule has 0 radical (unpaired) electrons. The van der Waals surface area contributed by atoms with E-state index in [0.717, 1.165) is 34.6 Å². The molecule has 4 rings (SSSR count). The quantitative estimate of drug-likeness (QED) is 0.741. The first kappa shape index (κ1) is 14.8. The molecule has 1 aliphatic rings. The fraction of sp³-hybridized carbons (Fsp3) is 0.278. The first-order valence-electron chi connectivity index (χ1n) is 7.96. The van der Waals surface area contributed by atoms with Crippen molar-refractivity contribution in [2.24, 2.45) is 0 Å². The minimum atomic E-state index is 0.00133. The van der Waals surface area contributed by atoms with Gasteiger partial charge in [-0.1, -0.05) is 18.2 Å². The molecule has 122 valence electrons. The van der Waals surface area contributed by atoms with Crippen molar-refractivity contribution in [3.05, 3.63) is 65.1 Å². The van der Waals surface area contributed by atoms with Crippen LogP contribution in [0.15, 0.2) is 42.6 Å². The van der Waals surface area contributed by atoms with E-state index in [1.54, 1.807) is 11.9 Å². The summed E-state index contributed by atoms with van der Waals surface area (Å²) in [4.78, 5) is 14.6. The van der Waals surface area contributed by atoms with Crippen molar-refractivity contribution in [3.8, 4) is 0 Å². The molecule has 3 heterocycles. The van der Waals surface area contributed by atoms with Crippen LogP contribution >= 0.6 is 0 Å². The Hall–Kier alpha value is -2.73. The van der Waals surface area contributed by atoms with Gasteiger partial charge in [-0.25, -0.2) is 0 Å². The molecule has 0 atom stereocenters. The molecule has 1 amide bonds. The smallest absolute Gasteiger partial charge is 0.254 e. The Morgan fingerprint density at radius 2 is 2.17 bits per heavy atom. The highest BCUT2D eigenvalue weighted by Gasteiger charge is 2.21. The number of benzene rings is 1. The van der Waals surface area contributed by atoms with Crippen LogP contribution in [0.3, 0.4) is 0 Å². The molecule has 2 aromatic heterocycles. The molecular formula is C18H18N4O2. The Bertz CT molecular complexity index is 903. The Balaban J connectivity index is 1.61. The van der Waals surface area contributed by atoms with Crippen LogP contribution in [0.25, 0.3) is 5.65 Å². The number of carbonyl (C=O) groups excluding carboxylic acids is 1. The molecule has 6 nitrogen and oxygen atoms in total. The van der Waals surface area contributed by atoms with Gasteiger partial charge < -0.3 is 9.64 Å². The molecular weight excluding hydrogens is 304 g/mol. The molecule has 6 heteroatoms. The first-order valence-corrected chi connectivity index (χ1v) is 7.96. The molecule has 0 N–H and O–H groups in total. The minimum Gasteiger partial charge on any atom is -0.376 e. The summed E-state index contributed by atoms with van der Waals surface area (Å²) in [7, 11) is 1.80. The summed E-state index contributed by atoms with van der Waals surface area (Å²) >= 11 is 0. The van der Waals surface area contributed by atoms with Crippen LogP contribution in [0.4, 0.5) is 0 Å². The molecule has 24 heavy (non-hydrogen) atoms. The number of pyridine rings is 1. The second-order valence-corrected chi connectivity index (χ2v) is 5.95. The summed E-state index contributed by atoms with van der Waals surface area (Å²) in [6.07, 6.45) is 2.68. The van der Waals surface area contributed by atoms with Crippen LogP contribution in [0.1, 0.15) is 27.3 Å². The zero-order valence-corrected chi connectivity index (χ0v) is 13.5. The van der Waals surface area contributed by atoms with Crippen LogP contribution in [0, 0.1) is 0 Å². The Kier molecular flexibility index (Phi) is 3.74. The monoisotopic (exact) mass is 322 g/mol. The van der Waals surface area contributed by atoms with E-state index in [-0.39, 0.29) is 5.91 Å². The van der Waals surface area contributed by atoms with Gasteiger partial charge >= 0.3 is 0 Å². The lowest BCUT2D eigenvalue weighted by Crippen LogP contribution is -2.29. The molecule has 1 aliphatic heterocycles. The Morgan fingerprint density at radius 3 is 3.08 bits per heavy atom. The fourth-order valence-electron chi connectivity index (χ4n) is 3.11. The topological polar surface area (TPSA) is 59.7 Å². The number of fused-ring (bicyclic) bond motifs is 2. The van der Waals surface area contributed by atoms with E-state index >= 15 is 0 Å². The number of carbonyl (C=O) groups is 1. The van der Waals surface area contributed by atoms with Crippen LogP contribution < -0.4 is 0 Å². The molecule has 0 bridgehead atoms. The maximum atomic E-state index is 12.9. The lowest BCUT2D eigenvalue weighted by atomic mass is 9.96. The Morgan fingerprint density at radius 1 is 1.25 bits per heavy atom. The van der Waals surface area contributed by atoms with Gasteiger partial charge in [-0.15, -0.1) is 10.2 Å². The van der Waals surface area contributed by atoms with Crippen molar-refractivity contribution in [2.45, 2.75) is 19.6 Å². The van der Waals surface area contributed by atoms with Gasteiger partial charge in [0.1, 0.15) is 0 Å². The van der Waals surface area contributed by atoms with Crippen LogP contribution in [0.5, 0.6) is 0 Å². The van der Waals surface area contributed by atoms with E-state index < -0.39 is 0 Å². The second-order valence-electron chi connectivity index (χ2n) is 5.95. The molecule has 0 saturated carbocycles. The molecule has 0 unspecified atom stereocenters. The highest BCUT2D eigenvalue weighted by Crippen LogP contribution is 2.22. The molecule has 0 saturated heterocycles. The largest absolute Gasteiger partial charge is 0.376 e. The number of hydrogen-bond donors (Lipinski definition) is 0. The number of ether oxygens (including phenoxy) is 1. The Labute approximate surface area is 139 Å². The van der Waals surface area contributed by atoms with E-state index in [9.17, 15) is 4.79 Å². The van der Waals surface area contributed by atoms with Gasteiger partial charge in [0.2, 0.25) is 0 Å². The zero-order valence-electron chi connectivity index (χ0n) is 13.5. The third-order valence-electron chi connectivity index (χ3n) is 4.37. The number of amides is 1. The number of rotatable bonds is 3. The summed E-state index contributed by atoms with van der Waals surface area (Å²) in [5, 5.41) is 8.33. The van der Waals surface area contributed by atoms with E-state index in [4.69, 9.17) is 4.74 Å².